The lowest BCUT2D eigenvalue weighted by atomic mass is 10.2. The zero-order valence-corrected chi connectivity index (χ0v) is 7.31. The zero-order chi connectivity index (χ0) is 8.67. The van der Waals surface area contributed by atoms with E-state index in [9.17, 15) is 0 Å². The van der Waals surface area contributed by atoms with Gasteiger partial charge < -0.3 is 9.30 Å². The van der Waals surface area contributed by atoms with Gasteiger partial charge in [-0.15, -0.1) is 0 Å². The second-order valence-corrected chi connectivity index (χ2v) is 3.53. The van der Waals surface area contributed by atoms with Gasteiger partial charge in [0.15, 0.2) is 0 Å². The smallest absolute Gasteiger partial charge is 0.0798 e. The number of aromatic nitrogens is 1. The highest BCUT2D eigenvalue weighted by Crippen LogP contribution is 2.22. The molecule has 2 heterocycles. The topological polar surface area (TPSA) is 14.2 Å². The Balaban J connectivity index is 2.10. The molecular formula is C11H11NO. The van der Waals surface area contributed by atoms with E-state index in [0.29, 0.717) is 6.04 Å². The quantitative estimate of drug-likeness (QED) is 0.645. The van der Waals surface area contributed by atoms with E-state index in [0.717, 1.165) is 13.2 Å². The molecule has 0 bridgehead atoms. The molecule has 0 N–H and O–H groups in total. The van der Waals surface area contributed by atoms with Crippen LogP contribution in [0.4, 0.5) is 0 Å². The van der Waals surface area contributed by atoms with Crippen molar-refractivity contribution in [1.29, 1.82) is 0 Å². The van der Waals surface area contributed by atoms with E-state index in [-0.39, 0.29) is 0 Å². The van der Waals surface area contributed by atoms with Crippen LogP contribution in [0, 0.1) is 0 Å². The molecular weight excluding hydrogens is 162 g/mol. The summed E-state index contributed by atoms with van der Waals surface area (Å²) in [5.41, 5.74) is 0. The number of hydrogen-bond donors (Lipinski definition) is 0. The van der Waals surface area contributed by atoms with Gasteiger partial charge in [0.25, 0.3) is 0 Å². The number of fused-ring (bicyclic) bond motifs is 1. The van der Waals surface area contributed by atoms with E-state index < -0.39 is 0 Å². The number of rotatable bonds is 1. The molecule has 2 heteroatoms. The predicted molar refractivity (Wildman–Crippen MR) is 51.8 cm³/mol. The molecule has 0 amide bonds. The minimum Gasteiger partial charge on any atom is -0.377 e. The fourth-order valence-corrected chi connectivity index (χ4v) is 1.71. The maximum absolute atomic E-state index is 5.16. The summed E-state index contributed by atoms with van der Waals surface area (Å²) in [4.78, 5) is 0. The first-order chi connectivity index (χ1) is 6.43. The van der Waals surface area contributed by atoms with Crippen molar-refractivity contribution >= 4 is 10.8 Å². The Morgan fingerprint density at radius 1 is 1.08 bits per heavy atom. The molecule has 0 saturated carbocycles. The summed E-state index contributed by atoms with van der Waals surface area (Å²) in [5, 5.41) is 2.63. The minimum absolute atomic E-state index is 0.562. The van der Waals surface area contributed by atoms with Crippen molar-refractivity contribution in [2.75, 3.05) is 13.2 Å². The molecule has 1 aliphatic heterocycles. The highest BCUT2D eigenvalue weighted by Gasteiger charge is 2.19. The lowest BCUT2D eigenvalue weighted by molar-refractivity contribution is -0.0230. The summed E-state index contributed by atoms with van der Waals surface area (Å²) in [6, 6.07) is 9.00. The molecule has 13 heavy (non-hydrogen) atoms. The van der Waals surface area contributed by atoms with Crippen LogP contribution in [0.1, 0.15) is 6.04 Å². The van der Waals surface area contributed by atoms with Gasteiger partial charge in [-0.2, -0.15) is 0 Å². The Labute approximate surface area is 76.7 Å². The van der Waals surface area contributed by atoms with Crippen molar-refractivity contribution in [2.24, 2.45) is 0 Å². The van der Waals surface area contributed by atoms with E-state index in [4.69, 9.17) is 4.74 Å². The normalized spacial score (nSPS) is 17.5. The van der Waals surface area contributed by atoms with Crippen LogP contribution in [-0.4, -0.2) is 17.8 Å². The average Bonchev–Trinajstić information content (AvgIpc) is 2.43. The Morgan fingerprint density at radius 3 is 2.15 bits per heavy atom. The lowest BCUT2D eigenvalue weighted by Crippen LogP contribution is -2.29. The van der Waals surface area contributed by atoms with E-state index in [2.05, 4.69) is 41.2 Å². The second-order valence-electron chi connectivity index (χ2n) is 3.53. The maximum atomic E-state index is 5.16. The van der Waals surface area contributed by atoms with Crippen LogP contribution in [-0.2, 0) is 4.74 Å². The summed E-state index contributed by atoms with van der Waals surface area (Å²) in [6.45, 7) is 1.72. The van der Waals surface area contributed by atoms with Gasteiger partial charge in [0.05, 0.1) is 19.3 Å². The monoisotopic (exact) mass is 173 g/mol. The molecule has 0 radical (unpaired) electrons. The third-order valence-electron chi connectivity index (χ3n) is 2.61. The van der Waals surface area contributed by atoms with Crippen LogP contribution in [0.2, 0.25) is 0 Å². The second kappa shape index (κ2) is 2.60. The molecule has 0 atom stereocenters. The van der Waals surface area contributed by atoms with Gasteiger partial charge in [-0.3, -0.25) is 0 Å². The molecule has 1 aromatic carbocycles. The Bertz CT molecular complexity index is 395. The third-order valence-corrected chi connectivity index (χ3v) is 2.61. The Morgan fingerprint density at radius 2 is 1.69 bits per heavy atom. The maximum Gasteiger partial charge on any atom is 0.0798 e. The first-order valence-corrected chi connectivity index (χ1v) is 4.57. The fourth-order valence-electron chi connectivity index (χ4n) is 1.71. The summed E-state index contributed by atoms with van der Waals surface area (Å²) >= 11 is 0. The number of ether oxygens (including phenoxy) is 1. The van der Waals surface area contributed by atoms with Gasteiger partial charge in [-0.1, -0.05) is 24.3 Å². The zero-order valence-electron chi connectivity index (χ0n) is 7.31. The first-order valence-electron chi connectivity index (χ1n) is 4.57. The van der Waals surface area contributed by atoms with Crippen molar-refractivity contribution in [2.45, 2.75) is 6.04 Å². The molecule has 2 aromatic rings. The van der Waals surface area contributed by atoms with Crippen molar-refractivity contribution in [3.8, 4) is 0 Å². The SMILES string of the molecule is c1ccc2cn(C3COC3)cc2c1. The summed E-state index contributed by atoms with van der Waals surface area (Å²) in [7, 11) is 0. The fraction of sp³-hybridized carbons (Fsp3) is 0.273. The van der Waals surface area contributed by atoms with Gasteiger partial charge in [0.1, 0.15) is 0 Å². The van der Waals surface area contributed by atoms with E-state index in [1.54, 1.807) is 0 Å². The summed E-state index contributed by atoms with van der Waals surface area (Å²) in [6.07, 6.45) is 4.39. The van der Waals surface area contributed by atoms with Crippen molar-refractivity contribution < 1.29 is 4.74 Å². The van der Waals surface area contributed by atoms with Gasteiger partial charge in [-0.05, 0) is 10.8 Å². The molecule has 1 fully saturated rings. The van der Waals surface area contributed by atoms with Crippen LogP contribution < -0.4 is 0 Å². The molecule has 2 nitrogen and oxygen atoms in total. The first kappa shape index (κ1) is 7.15. The predicted octanol–water partition coefficient (Wildman–Crippen LogP) is 2.21. The molecule has 3 rings (SSSR count). The number of benzene rings is 1. The highest BCUT2D eigenvalue weighted by atomic mass is 16.5. The van der Waals surface area contributed by atoms with E-state index in [1.165, 1.54) is 10.8 Å². The number of hydrogen-bond acceptors (Lipinski definition) is 1. The Kier molecular flexibility index (Phi) is 1.43. The largest absolute Gasteiger partial charge is 0.377 e. The van der Waals surface area contributed by atoms with Crippen molar-refractivity contribution in [1.82, 2.24) is 4.57 Å². The van der Waals surface area contributed by atoms with Gasteiger partial charge in [0.2, 0.25) is 0 Å². The Hall–Kier alpha value is -1.28. The average molecular weight is 173 g/mol. The van der Waals surface area contributed by atoms with Gasteiger partial charge >= 0.3 is 0 Å². The lowest BCUT2D eigenvalue weighted by Gasteiger charge is -2.27. The molecule has 0 spiro atoms. The standard InChI is InChI=1S/C11H11NO/c1-2-4-10-6-12(5-9(10)3-1)11-7-13-8-11/h1-6,11H,7-8H2. The van der Waals surface area contributed by atoms with Crippen LogP contribution in [0.5, 0.6) is 0 Å². The summed E-state index contributed by atoms with van der Waals surface area (Å²) < 4.78 is 7.42. The van der Waals surface area contributed by atoms with Crippen LogP contribution >= 0.6 is 0 Å². The summed E-state index contributed by atoms with van der Waals surface area (Å²) in [5.74, 6) is 0. The molecule has 1 aliphatic rings. The molecule has 0 unspecified atom stereocenters. The molecule has 66 valence electrons. The van der Waals surface area contributed by atoms with E-state index >= 15 is 0 Å². The van der Waals surface area contributed by atoms with Crippen molar-refractivity contribution in [3.05, 3.63) is 36.7 Å². The van der Waals surface area contributed by atoms with E-state index in [1.807, 2.05) is 0 Å². The highest BCUT2D eigenvalue weighted by molar-refractivity contribution is 5.82. The van der Waals surface area contributed by atoms with Crippen LogP contribution in [0.25, 0.3) is 10.8 Å². The van der Waals surface area contributed by atoms with Crippen LogP contribution in [0.3, 0.4) is 0 Å². The van der Waals surface area contributed by atoms with Crippen LogP contribution in [0.15, 0.2) is 36.7 Å². The van der Waals surface area contributed by atoms with Gasteiger partial charge in [0, 0.05) is 12.4 Å². The minimum atomic E-state index is 0.562. The van der Waals surface area contributed by atoms with Gasteiger partial charge in [-0.25, -0.2) is 0 Å². The molecule has 1 aromatic heterocycles. The van der Waals surface area contributed by atoms with Crippen molar-refractivity contribution in [3.63, 3.8) is 0 Å². The third kappa shape index (κ3) is 1.06. The number of nitrogens with zero attached hydrogens (tertiary/aromatic N) is 1. The molecule has 1 saturated heterocycles. The molecule has 0 aliphatic carbocycles.